The molecule has 21 heavy (non-hydrogen) atoms. The van der Waals surface area contributed by atoms with Crippen molar-refractivity contribution in [2.24, 2.45) is 5.73 Å². The summed E-state index contributed by atoms with van der Waals surface area (Å²) in [6.45, 7) is 0.355. The first-order chi connectivity index (χ1) is 10.2. The number of aromatic nitrogens is 1. The molecule has 0 unspecified atom stereocenters. The van der Waals surface area contributed by atoms with Crippen molar-refractivity contribution in [3.05, 3.63) is 65.2 Å². The van der Waals surface area contributed by atoms with Crippen LogP contribution in [0.2, 0.25) is 0 Å². The van der Waals surface area contributed by atoms with Crippen LogP contribution in [0.3, 0.4) is 0 Å². The molecule has 3 N–H and O–H groups in total. The maximum absolute atomic E-state index is 13.5. The van der Waals surface area contributed by atoms with Gasteiger partial charge in [-0.15, -0.1) is 0 Å². The van der Waals surface area contributed by atoms with Crippen LogP contribution in [-0.2, 0) is 6.54 Å². The van der Waals surface area contributed by atoms with E-state index >= 15 is 0 Å². The van der Waals surface area contributed by atoms with Crippen LogP contribution < -0.4 is 11.1 Å². The van der Waals surface area contributed by atoms with E-state index in [1.54, 1.807) is 30.5 Å². The minimum absolute atomic E-state index is 0.115. The van der Waals surface area contributed by atoms with Gasteiger partial charge in [0, 0.05) is 30.1 Å². The van der Waals surface area contributed by atoms with Crippen LogP contribution in [0.15, 0.2) is 42.7 Å². The predicted molar refractivity (Wildman–Crippen MR) is 77.7 cm³/mol. The molecule has 1 amide bonds. The van der Waals surface area contributed by atoms with Crippen LogP contribution in [0, 0.1) is 17.7 Å². The molecular weight excluding hydrogens is 269 g/mol. The van der Waals surface area contributed by atoms with Gasteiger partial charge in [-0.1, -0.05) is 30.0 Å². The quantitative estimate of drug-likeness (QED) is 0.838. The lowest BCUT2D eigenvalue weighted by Gasteiger charge is -2.06. The van der Waals surface area contributed by atoms with Crippen molar-refractivity contribution >= 4 is 5.91 Å². The van der Waals surface area contributed by atoms with Gasteiger partial charge in [0.15, 0.2) is 0 Å². The summed E-state index contributed by atoms with van der Waals surface area (Å²) in [5.74, 6) is 4.82. The van der Waals surface area contributed by atoms with Crippen molar-refractivity contribution in [3.8, 4) is 11.8 Å². The number of benzene rings is 1. The van der Waals surface area contributed by atoms with E-state index in [9.17, 15) is 9.18 Å². The minimum atomic E-state index is -0.349. The molecule has 0 aliphatic rings. The highest BCUT2D eigenvalue weighted by Gasteiger charge is 2.07. The molecule has 0 saturated carbocycles. The second-order valence-corrected chi connectivity index (χ2v) is 4.24. The van der Waals surface area contributed by atoms with Crippen molar-refractivity contribution in [3.63, 3.8) is 0 Å². The zero-order valence-corrected chi connectivity index (χ0v) is 11.3. The third kappa shape index (κ3) is 4.13. The second kappa shape index (κ2) is 7.17. The molecule has 4 nitrogen and oxygen atoms in total. The van der Waals surface area contributed by atoms with Gasteiger partial charge in [0.1, 0.15) is 5.82 Å². The Bertz CT molecular complexity index is 704. The largest absolute Gasteiger partial charge is 0.348 e. The van der Waals surface area contributed by atoms with E-state index in [-0.39, 0.29) is 24.8 Å². The molecule has 106 valence electrons. The number of carbonyl (C=O) groups is 1. The smallest absolute Gasteiger partial charge is 0.253 e. The molecule has 0 aliphatic carbocycles. The first kappa shape index (κ1) is 14.7. The molecule has 0 saturated heterocycles. The number of halogens is 1. The maximum atomic E-state index is 13.5. The van der Waals surface area contributed by atoms with Gasteiger partial charge in [-0.25, -0.2) is 4.39 Å². The fourth-order valence-corrected chi connectivity index (χ4v) is 1.70. The first-order valence-electron chi connectivity index (χ1n) is 6.36. The number of hydrogen-bond acceptors (Lipinski definition) is 3. The summed E-state index contributed by atoms with van der Waals surface area (Å²) < 4.78 is 13.5. The molecule has 2 aromatic rings. The van der Waals surface area contributed by atoms with Gasteiger partial charge in [0.25, 0.3) is 5.91 Å². The minimum Gasteiger partial charge on any atom is -0.348 e. The lowest BCUT2D eigenvalue weighted by Crippen LogP contribution is -2.23. The Kier molecular flexibility index (Phi) is 5.02. The number of rotatable bonds is 3. The number of nitrogens with zero attached hydrogens (tertiary/aromatic N) is 1. The first-order valence-corrected chi connectivity index (χ1v) is 6.36. The summed E-state index contributed by atoms with van der Waals surface area (Å²) in [6, 6.07) is 7.91. The average Bonchev–Trinajstić information content (AvgIpc) is 2.52. The number of carbonyl (C=O) groups excluding carboxylic acids is 1. The summed E-state index contributed by atoms with van der Waals surface area (Å²) in [6.07, 6.45) is 2.99. The van der Waals surface area contributed by atoms with E-state index in [2.05, 4.69) is 22.1 Å². The Morgan fingerprint density at radius 2 is 2.14 bits per heavy atom. The number of hydrogen-bond donors (Lipinski definition) is 2. The van der Waals surface area contributed by atoms with Crippen LogP contribution in [0.4, 0.5) is 4.39 Å². The van der Waals surface area contributed by atoms with Gasteiger partial charge in [-0.05, 0) is 12.1 Å². The standard InChI is InChI=1S/C16H14FN3O/c17-15-6-2-1-5-13(15)11-20-16(21)14-8-12(4-3-7-18)9-19-10-14/h1-2,5-6,8-10H,7,11,18H2,(H,20,21). The summed E-state index contributed by atoms with van der Waals surface area (Å²) in [7, 11) is 0. The average molecular weight is 283 g/mol. The zero-order chi connectivity index (χ0) is 15.1. The molecule has 2 rings (SSSR count). The molecule has 0 aliphatic heterocycles. The highest BCUT2D eigenvalue weighted by Crippen LogP contribution is 2.07. The monoisotopic (exact) mass is 283 g/mol. The van der Waals surface area contributed by atoms with Crippen molar-refractivity contribution in [2.75, 3.05) is 6.54 Å². The van der Waals surface area contributed by atoms with Crippen molar-refractivity contribution in [2.45, 2.75) is 6.54 Å². The highest BCUT2D eigenvalue weighted by molar-refractivity contribution is 5.94. The predicted octanol–water partition coefficient (Wildman–Crippen LogP) is 1.46. The van der Waals surface area contributed by atoms with E-state index in [4.69, 9.17) is 5.73 Å². The van der Waals surface area contributed by atoms with Gasteiger partial charge < -0.3 is 11.1 Å². The van der Waals surface area contributed by atoms with Gasteiger partial charge in [-0.2, -0.15) is 0 Å². The van der Waals surface area contributed by atoms with E-state index in [1.807, 2.05) is 0 Å². The summed E-state index contributed by atoms with van der Waals surface area (Å²) >= 11 is 0. The Morgan fingerprint density at radius 1 is 1.33 bits per heavy atom. The van der Waals surface area contributed by atoms with E-state index in [0.717, 1.165) is 0 Å². The van der Waals surface area contributed by atoms with Crippen molar-refractivity contribution < 1.29 is 9.18 Å². The third-order valence-electron chi connectivity index (χ3n) is 2.73. The number of pyridine rings is 1. The molecular formula is C16H14FN3O. The zero-order valence-electron chi connectivity index (χ0n) is 11.3. The summed E-state index contributed by atoms with van der Waals surface area (Å²) in [5, 5.41) is 2.65. The fourth-order valence-electron chi connectivity index (χ4n) is 1.70. The number of nitrogens with two attached hydrogens (primary N) is 1. The van der Waals surface area contributed by atoms with E-state index in [1.165, 1.54) is 12.3 Å². The summed E-state index contributed by atoms with van der Waals surface area (Å²) in [5.41, 5.74) is 6.70. The molecule has 0 radical (unpaired) electrons. The Morgan fingerprint density at radius 3 is 2.90 bits per heavy atom. The highest BCUT2D eigenvalue weighted by atomic mass is 19.1. The molecule has 0 bridgehead atoms. The van der Waals surface area contributed by atoms with Crippen molar-refractivity contribution in [1.29, 1.82) is 0 Å². The number of amides is 1. The van der Waals surface area contributed by atoms with Gasteiger partial charge in [-0.3, -0.25) is 9.78 Å². The van der Waals surface area contributed by atoms with Crippen LogP contribution in [0.1, 0.15) is 21.5 Å². The SMILES string of the molecule is NCC#Cc1cncc(C(=O)NCc2ccccc2F)c1. The maximum Gasteiger partial charge on any atom is 0.253 e. The Labute approximate surface area is 122 Å². The topological polar surface area (TPSA) is 68.0 Å². The van der Waals surface area contributed by atoms with Crippen molar-refractivity contribution in [1.82, 2.24) is 10.3 Å². The van der Waals surface area contributed by atoms with Crippen LogP contribution in [0.25, 0.3) is 0 Å². The van der Waals surface area contributed by atoms with Gasteiger partial charge in [0.2, 0.25) is 0 Å². The van der Waals surface area contributed by atoms with Crippen LogP contribution >= 0.6 is 0 Å². The summed E-state index contributed by atoms with van der Waals surface area (Å²) in [4.78, 5) is 16.0. The molecule has 1 aromatic heterocycles. The van der Waals surface area contributed by atoms with Gasteiger partial charge >= 0.3 is 0 Å². The lowest BCUT2D eigenvalue weighted by atomic mass is 10.2. The van der Waals surface area contributed by atoms with Crippen LogP contribution in [0.5, 0.6) is 0 Å². The second-order valence-electron chi connectivity index (χ2n) is 4.24. The van der Waals surface area contributed by atoms with Crippen LogP contribution in [-0.4, -0.2) is 17.4 Å². The number of nitrogens with one attached hydrogen (secondary N) is 1. The van der Waals surface area contributed by atoms with E-state index in [0.29, 0.717) is 16.7 Å². The fraction of sp³-hybridized carbons (Fsp3) is 0.125. The van der Waals surface area contributed by atoms with Gasteiger partial charge in [0.05, 0.1) is 12.1 Å². The lowest BCUT2D eigenvalue weighted by molar-refractivity contribution is 0.0950. The molecule has 0 atom stereocenters. The third-order valence-corrected chi connectivity index (χ3v) is 2.73. The molecule has 5 heteroatoms. The molecule has 0 fully saturated rings. The Balaban J connectivity index is 2.05. The van der Waals surface area contributed by atoms with E-state index < -0.39 is 0 Å². The molecule has 1 heterocycles. The Hall–Kier alpha value is -2.71. The normalized spacial score (nSPS) is 9.62. The molecule has 0 spiro atoms. The molecule has 1 aromatic carbocycles.